The standard InChI is InChI=1S/C20H16FN5O3S/c21-15-5-6-17-18(12-15)30-20(23-17)25(9-2-8-24-10-7-22-13-24)19(27)14-3-1-4-16(11-14)26(28)29/h1,3-7,10-13H,2,8-9H2. The Bertz CT molecular complexity index is 1210. The van der Waals surface area contributed by atoms with Gasteiger partial charge in [0, 0.05) is 43.2 Å². The van der Waals surface area contributed by atoms with E-state index >= 15 is 0 Å². The van der Waals surface area contributed by atoms with Crippen LogP contribution < -0.4 is 4.90 Å². The minimum atomic E-state index is -0.541. The quantitative estimate of drug-likeness (QED) is 0.325. The van der Waals surface area contributed by atoms with Crippen LogP contribution in [0.4, 0.5) is 15.2 Å². The molecule has 0 fully saturated rings. The van der Waals surface area contributed by atoms with E-state index in [0.29, 0.717) is 34.9 Å². The molecule has 4 rings (SSSR count). The van der Waals surface area contributed by atoms with E-state index in [1.165, 1.54) is 52.6 Å². The molecule has 1 amide bonds. The predicted octanol–water partition coefficient (Wildman–Crippen LogP) is 4.28. The van der Waals surface area contributed by atoms with Gasteiger partial charge in [-0.3, -0.25) is 19.8 Å². The third-order valence-corrected chi connectivity index (χ3v) is 5.52. The molecule has 30 heavy (non-hydrogen) atoms. The van der Waals surface area contributed by atoms with Gasteiger partial charge in [0.1, 0.15) is 5.82 Å². The number of hydrogen-bond donors (Lipinski definition) is 0. The van der Waals surface area contributed by atoms with E-state index < -0.39 is 10.8 Å². The second kappa shape index (κ2) is 8.37. The van der Waals surface area contributed by atoms with Crippen molar-refractivity contribution in [2.45, 2.75) is 13.0 Å². The molecule has 0 aliphatic heterocycles. The number of fused-ring (bicyclic) bond motifs is 1. The summed E-state index contributed by atoms with van der Waals surface area (Å²) in [6.45, 7) is 0.972. The van der Waals surface area contributed by atoms with Gasteiger partial charge in [0.15, 0.2) is 5.13 Å². The van der Waals surface area contributed by atoms with E-state index in [-0.39, 0.29) is 17.1 Å². The average Bonchev–Trinajstić information content (AvgIpc) is 3.40. The number of aromatic nitrogens is 3. The summed E-state index contributed by atoms with van der Waals surface area (Å²) in [6, 6.07) is 9.84. The smallest absolute Gasteiger partial charge is 0.270 e. The molecule has 2 aromatic carbocycles. The summed E-state index contributed by atoms with van der Waals surface area (Å²) in [5, 5.41) is 11.5. The molecule has 10 heteroatoms. The first-order chi connectivity index (χ1) is 14.5. The Morgan fingerprint density at radius 1 is 1.27 bits per heavy atom. The maximum absolute atomic E-state index is 13.6. The highest BCUT2D eigenvalue weighted by molar-refractivity contribution is 7.22. The number of nitro groups is 1. The number of nitrogens with zero attached hydrogens (tertiary/aromatic N) is 5. The molecular formula is C20H16FN5O3S. The highest BCUT2D eigenvalue weighted by Gasteiger charge is 2.23. The van der Waals surface area contributed by atoms with Crippen LogP contribution in [0, 0.1) is 15.9 Å². The van der Waals surface area contributed by atoms with Crippen molar-refractivity contribution >= 4 is 38.3 Å². The number of nitro benzene ring substituents is 1. The van der Waals surface area contributed by atoms with Crippen molar-refractivity contribution in [2.24, 2.45) is 0 Å². The zero-order valence-electron chi connectivity index (χ0n) is 15.6. The van der Waals surface area contributed by atoms with Crippen LogP contribution in [0.5, 0.6) is 0 Å². The summed E-state index contributed by atoms with van der Waals surface area (Å²) in [6.07, 6.45) is 5.80. The Hall–Kier alpha value is -3.66. The maximum atomic E-state index is 13.6. The molecule has 0 saturated carbocycles. The van der Waals surface area contributed by atoms with Gasteiger partial charge in [0.05, 0.1) is 21.5 Å². The van der Waals surface area contributed by atoms with Crippen molar-refractivity contribution < 1.29 is 14.1 Å². The molecule has 0 aliphatic rings. The number of hydrogen-bond acceptors (Lipinski definition) is 6. The number of amides is 1. The predicted molar refractivity (Wildman–Crippen MR) is 111 cm³/mol. The summed E-state index contributed by atoms with van der Waals surface area (Å²) in [5.41, 5.74) is 0.616. The van der Waals surface area contributed by atoms with E-state index in [9.17, 15) is 19.3 Å². The number of carbonyl (C=O) groups is 1. The largest absolute Gasteiger partial charge is 0.337 e. The number of thiazole rings is 1. The summed E-state index contributed by atoms with van der Waals surface area (Å²) in [5.74, 6) is -0.779. The van der Waals surface area contributed by atoms with Crippen LogP contribution in [-0.2, 0) is 6.54 Å². The van der Waals surface area contributed by atoms with Crippen LogP contribution in [0.1, 0.15) is 16.8 Å². The van der Waals surface area contributed by atoms with E-state index in [1.807, 2.05) is 10.8 Å². The molecule has 0 unspecified atom stereocenters. The molecule has 152 valence electrons. The highest BCUT2D eigenvalue weighted by Crippen LogP contribution is 2.31. The Kier molecular flexibility index (Phi) is 5.48. The molecule has 0 bridgehead atoms. The fraction of sp³-hybridized carbons (Fsp3) is 0.150. The van der Waals surface area contributed by atoms with Gasteiger partial charge in [-0.2, -0.15) is 0 Å². The Labute approximate surface area is 174 Å². The molecule has 4 aromatic rings. The molecule has 0 radical (unpaired) electrons. The van der Waals surface area contributed by atoms with Crippen LogP contribution in [-0.4, -0.2) is 31.9 Å². The van der Waals surface area contributed by atoms with Gasteiger partial charge in [-0.05, 0) is 30.7 Å². The van der Waals surface area contributed by atoms with Gasteiger partial charge < -0.3 is 4.57 Å². The van der Waals surface area contributed by atoms with Gasteiger partial charge in [-0.15, -0.1) is 0 Å². The van der Waals surface area contributed by atoms with E-state index in [2.05, 4.69) is 9.97 Å². The van der Waals surface area contributed by atoms with Crippen LogP contribution in [0.2, 0.25) is 0 Å². The topological polar surface area (TPSA) is 94.2 Å². The average molecular weight is 425 g/mol. The Morgan fingerprint density at radius 2 is 2.13 bits per heavy atom. The molecule has 2 heterocycles. The first-order valence-corrected chi connectivity index (χ1v) is 9.91. The third kappa shape index (κ3) is 4.18. The van der Waals surface area contributed by atoms with E-state index in [0.717, 1.165) is 0 Å². The summed E-state index contributed by atoms with van der Waals surface area (Å²) in [4.78, 5) is 33.7. The second-order valence-electron chi connectivity index (χ2n) is 6.53. The minimum absolute atomic E-state index is 0.161. The van der Waals surface area contributed by atoms with Crippen molar-refractivity contribution in [3.05, 3.63) is 82.7 Å². The normalized spacial score (nSPS) is 11.0. The number of rotatable bonds is 7. The van der Waals surface area contributed by atoms with Crippen molar-refractivity contribution in [2.75, 3.05) is 11.4 Å². The van der Waals surface area contributed by atoms with Gasteiger partial charge in [-0.1, -0.05) is 17.4 Å². The van der Waals surface area contributed by atoms with Crippen molar-refractivity contribution in [1.29, 1.82) is 0 Å². The summed E-state index contributed by atoms with van der Waals surface area (Å²) >= 11 is 1.20. The fourth-order valence-corrected chi connectivity index (χ4v) is 4.04. The first kappa shape index (κ1) is 19.6. The van der Waals surface area contributed by atoms with Crippen molar-refractivity contribution in [1.82, 2.24) is 14.5 Å². The molecule has 0 N–H and O–H groups in total. The number of carbonyl (C=O) groups excluding carboxylic acids is 1. The van der Waals surface area contributed by atoms with Crippen LogP contribution >= 0.6 is 11.3 Å². The van der Waals surface area contributed by atoms with E-state index in [1.54, 1.807) is 18.6 Å². The highest BCUT2D eigenvalue weighted by atomic mass is 32.1. The van der Waals surface area contributed by atoms with Crippen LogP contribution in [0.3, 0.4) is 0 Å². The molecule has 0 atom stereocenters. The van der Waals surface area contributed by atoms with Gasteiger partial charge in [0.25, 0.3) is 11.6 Å². The number of non-ortho nitro benzene ring substituents is 1. The van der Waals surface area contributed by atoms with Crippen molar-refractivity contribution in [3.8, 4) is 0 Å². The lowest BCUT2D eigenvalue weighted by Gasteiger charge is -2.20. The number of imidazole rings is 1. The zero-order chi connectivity index (χ0) is 21.1. The summed E-state index contributed by atoms with van der Waals surface area (Å²) in [7, 11) is 0. The van der Waals surface area contributed by atoms with Crippen molar-refractivity contribution in [3.63, 3.8) is 0 Å². The molecule has 8 nitrogen and oxygen atoms in total. The summed E-state index contributed by atoms with van der Waals surface area (Å²) < 4.78 is 16.1. The molecule has 0 spiro atoms. The number of aryl methyl sites for hydroxylation is 1. The molecule has 0 saturated heterocycles. The third-order valence-electron chi connectivity index (χ3n) is 4.48. The van der Waals surface area contributed by atoms with Crippen LogP contribution in [0.25, 0.3) is 10.2 Å². The number of benzene rings is 2. The monoisotopic (exact) mass is 425 g/mol. The maximum Gasteiger partial charge on any atom is 0.270 e. The molecule has 2 aromatic heterocycles. The fourth-order valence-electron chi connectivity index (χ4n) is 3.02. The zero-order valence-corrected chi connectivity index (χ0v) is 16.5. The van der Waals surface area contributed by atoms with E-state index in [4.69, 9.17) is 0 Å². The lowest BCUT2D eigenvalue weighted by molar-refractivity contribution is -0.384. The number of anilines is 1. The number of halogens is 1. The van der Waals surface area contributed by atoms with Gasteiger partial charge in [-0.25, -0.2) is 14.4 Å². The Balaban J connectivity index is 1.65. The minimum Gasteiger partial charge on any atom is -0.337 e. The van der Waals surface area contributed by atoms with Crippen LogP contribution in [0.15, 0.2) is 61.2 Å². The SMILES string of the molecule is O=C(c1cccc([N+](=O)[O-])c1)N(CCCn1ccnc1)c1nc2ccc(F)cc2s1. The lowest BCUT2D eigenvalue weighted by atomic mass is 10.1. The van der Waals surface area contributed by atoms with Gasteiger partial charge in [0.2, 0.25) is 0 Å². The first-order valence-electron chi connectivity index (χ1n) is 9.09. The molecular weight excluding hydrogens is 409 g/mol. The lowest BCUT2D eigenvalue weighted by Crippen LogP contribution is -2.32. The van der Waals surface area contributed by atoms with Gasteiger partial charge >= 0.3 is 0 Å². The molecule has 0 aliphatic carbocycles. The second-order valence-corrected chi connectivity index (χ2v) is 7.54. The Morgan fingerprint density at radius 3 is 2.90 bits per heavy atom.